The van der Waals surface area contributed by atoms with Crippen LogP contribution < -0.4 is 4.90 Å². The summed E-state index contributed by atoms with van der Waals surface area (Å²) < 4.78 is 0. The van der Waals surface area contributed by atoms with Crippen LogP contribution in [0.4, 0.5) is 5.69 Å². The van der Waals surface area contributed by atoms with Crippen LogP contribution in [0, 0.1) is 0 Å². The Kier molecular flexibility index (Phi) is 6.76. The van der Waals surface area contributed by atoms with E-state index in [0.717, 1.165) is 38.0 Å². The Hall–Kier alpha value is -3.01. The van der Waals surface area contributed by atoms with Crippen molar-refractivity contribution in [3.63, 3.8) is 0 Å². The maximum absolute atomic E-state index is 10.2. The number of hydrogen-bond acceptors (Lipinski definition) is 4. The highest BCUT2D eigenvalue weighted by Crippen LogP contribution is 2.42. The van der Waals surface area contributed by atoms with Crippen LogP contribution in [-0.2, 0) is 6.54 Å². The molecule has 152 valence electrons. The van der Waals surface area contributed by atoms with E-state index < -0.39 is 0 Å². The summed E-state index contributed by atoms with van der Waals surface area (Å²) in [5.74, 6) is 0.964. The summed E-state index contributed by atoms with van der Waals surface area (Å²) in [6.07, 6.45) is 10.2. The molecule has 0 fully saturated rings. The number of phenols is 1. The van der Waals surface area contributed by atoms with Crippen LogP contribution in [0.1, 0.15) is 50.2 Å². The van der Waals surface area contributed by atoms with Gasteiger partial charge in [0, 0.05) is 37.2 Å². The fourth-order valence-electron chi connectivity index (χ4n) is 4.11. The molecular formula is C25H30N2O2. The van der Waals surface area contributed by atoms with Crippen LogP contribution in [0.15, 0.2) is 78.4 Å². The molecule has 1 heterocycles. The van der Waals surface area contributed by atoms with E-state index in [0.29, 0.717) is 11.7 Å². The molecule has 4 nitrogen and oxygen atoms in total. The van der Waals surface area contributed by atoms with Gasteiger partial charge >= 0.3 is 0 Å². The molecule has 0 amide bonds. The van der Waals surface area contributed by atoms with E-state index in [4.69, 9.17) is 0 Å². The molecule has 0 aliphatic heterocycles. The zero-order valence-electron chi connectivity index (χ0n) is 17.3. The van der Waals surface area contributed by atoms with Gasteiger partial charge in [-0.3, -0.25) is 4.98 Å². The van der Waals surface area contributed by atoms with Crippen molar-refractivity contribution in [2.24, 2.45) is 0 Å². The highest BCUT2D eigenvalue weighted by Gasteiger charge is 2.24. The first-order valence-electron chi connectivity index (χ1n) is 10.2. The first-order chi connectivity index (χ1) is 14.0. The van der Waals surface area contributed by atoms with Crippen molar-refractivity contribution in [3.8, 4) is 5.75 Å². The molecule has 1 unspecified atom stereocenters. The minimum Gasteiger partial charge on any atom is -0.513 e. The molecule has 0 spiro atoms. The summed E-state index contributed by atoms with van der Waals surface area (Å²) in [4.78, 5) is 6.41. The van der Waals surface area contributed by atoms with Crippen molar-refractivity contribution in [2.75, 3.05) is 11.4 Å². The van der Waals surface area contributed by atoms with Gasteiger partial charge in [-0.1, -0.05) is 18.7 Å². The Bertz CT molecular complexity index is 912. The number of aromatic hydroxyl groups is 1. The molecule has 4 heteroatoms. The average molecular weight is 391 g/mol. The molecule has 1 aliphatic carbocycles. The largest absolute Gasteiger partial charge is 0.513 e. The van der Waals surface area contributed by atoms with Crippen LogP contribution in [-0.4, -0.2) is 21.7 Å². The van der Waals surface area contributed by atoms with E-state index in [1.807, 2.05) is 42.7 Å². The summed E-state index contributed by atoms with van der Waals surface area (Å²) >= 11 is 0. The Balaban J connectivity index is 1.94. The monoisotopic (exact) mass is 390 g/mol. The highest BCUT2D eigenvalue weighted by molar-refractivity contribution is 5.59. The fraction of sp³-hybridized carbons (Fsp3) is 0.320. The molecule has 29 heavy (non-hydrogen) atoms. The molecule has 2 N–H and O–H groups in total. The first-order valence-corrected chi connectivity index (χ1v) is 10.2. The van der Waals surface area contributed by atoms with Gasteiger partial charge in [0.1, 0.15) is 5.75 Å². The predicted octanol–water partition coefficient (Wildman–Crippen LogP) is 6.03. The number of hydrogen-bond donors (Lipinski definition) is 2. The second kappa shape index (κ2) is 9.46. The van der Waals surface area contributed by atoms with E-state index in [9.17, 15) is 10.2 Å². The lowest BCUT2D eigenvalue weighted by Crippen LogP contribution is -2.24. The van der Waals surface area contributed by atoms with Gasteiger partial charge in [-0.15, -0.1) is 0 Å². The zero-order chi connectivity index (χ0) is 20.8. The maximum Gasteiger partial charge on any atom is 0.117 e. The summed E-state index contributed by atoms with van der Waals surface area (Å²) in [6.45, 7) is 9.44. The van der Waals surface area contributed by atoms with E-state index in [1.54, 1.807) is 13.0 Å². The van der Waals surface area contributed by atoms with Crippen LogP contribution in [0.2, 0.25) is 0 Å². The minimum absolute atomic E-state index is 0.284. The second-order valence-electron chi connectivity index (χ2n) is 7.59. The Morgan fingerprint density at radius 3 is 2.66 bits per heavy atom. The van der Waals surface area contributed by atoms with E-state index in [2.05, 4.69) is 29.5 Å². The number of phenolic OH excluding ortho intramolecular Hbond substituents is 1. The molecule has 1 aromatic carbocycles. The number of nitrogens with zero attached hydrogens (tertiary/aromatic N) is 2. The van der Waals surface area contributed by atoms with Gasteiger partial charge in [0.25, 0.3) is 0 Å². The molecular weight excluding hydrogens is 360 g/mol. The van der Waals surface area contributed by atoms with E-state index in [1.165, 1.54) is 22.3 Å². The molecule has 0 saturated carbocycles. The van der Waals surface area contributed by atoms with Gasteiger partial charge in [0.2, 0.25) is 0 Å². The zero-order valence-corrected chi connectivity index (χ0v) is 17.3. The highest BCUT2D eigenvalue weighted by atomic mass is 16.3. The average Bonchev–Trinajstić information content (AvgIpc) is 2.72. The molecule has 0 saturated heterocycles. The number of aromatic nitrogens is 1. The normalized spacial score (nSPS) is 17.3. The van der Waals surface area contributed by atoms with Crippen molar-refractivity contribution in [1.82, 2.24) is 4.98 Å². The quantitative estimate of drug-likeness (QED) is 0.567. The van der Waals surface area contributed by atoms with Crippen molar-refractivity contribution in [3.05, 3.63) is 89.5 Å². The fourth-order valence-corrected chi connectivity index (χ4v) is 4.11. The van der Waals surface area contributed by atoms with Crippen LogP contribution in [0.3, 0.4) is 0 Å². The third kappa shape index (κ3) is 5.08. The van der Waals surface area contributed by atoms with Gasteiger partial charge in [-0.2, -0.15) is 0 Å². The molecule has 3 rings (SSSR count). The van der Waals surface area contributed by atoms with Gasteiger partial charge in [-0.25, -0.2) is 0 Å². The molecule has 0 radical (unpaired) electrons. The number of aliphatic hydroxyl groups is 1. The third-order valence-corrected chi connectivity index (χ3v) is 5.57. The van der Waals surface area contributed by atoms with Gasteiger partial charge in [-0.05, 0) is 85.6 Å². The van der Waals surface area contributed by atoms with E-state index >= 15 is 0 Å². The van der Waals surface area contributed by atoms with Gasteiger partial charge in [0.05, 0.1) is 5.76 Å². The molecule has 0 bridgehead atoms. The number of rotatable bonds is 7. The predicted molar refractivity (Wildman–Crippen MR) is 119 cm³/mol. The van der Waals surface area contributed by atoms with Crippen molar-refractivity contribution in [1.29, 1.82) is 0 Å². The van der Waals surface area contributed by atoms with Crippen LogP contribution in [0.25, 0.3) is 0 Å². The Labute approximate surface area is 173 Å². The standard InChI is InChI=1S/C25H30N2O2/c1-4-20-15-22(7-6-21(20)14-18(3)28)24-9-8-23(29)16-25(24)27(5-2)17-19-10-12-26-13-11-19/h4,8-14,16,22,28-29H,1,5-7,15,17H2,2-3H3/b18-14+. The lowest BCUT2D eigenvalue weighted by Gasteiger charge is -2.32. The van der Waals surface area contributed by atoms with Crippen molar-refractivity contribution >= 4 is 5.69 Å². The first kappa shape index (κ1) is 20.7. The maximum atomic E-state index is 10.2. The number of allylic oxidation sites excluding steroid dienone is 5. The number of benzene rings is 1. The lowest BCUT2D eigenvalue weighted by atomic mass is 9.79. The molecule has 1 aromatic heterocycles. The topological polar surface area (TPSA) is 56.6 Å². The Morgan fingerprint density at radius 2 is 2.00 bits per heavy atom. The lowest BCUT2D eigenvalue weighted by molar-refractivity contribution is 0.413. The summed E-state index contributed by atoms with van der Waals surface area (Å²) in [6, 6.07) is 9.78. The minimum atomic E-state index is 0.284. The smallest absolute Gasteiger partial charge is 0.117 e. The molecule has 2 aromatic rings. The van der Waals surface area contributed by atoms with Crippen LogP contribution >= 0.6 is 0 Å². The van der Waals surface area contributed by atoms with Crippen molar-refractivity contribution in [2.45, 2.75) is 45.6 Å². The Morgan fingerprint density at radius 1 is 1.24 bits per heavy atom. The van der Waals surface area contributed by atoms with Gasteiger partial charge < -0.3 is 15.1 Å². The number of pyridine rings is 1. The molecule has 1 aliphatic rings. The summed E-state index contributed by atoms with van der Waals surface area (Å²) in [7, 11) is 0. The van der Waals surface area contributed by atoms with Crippen LogP contribution in [0.5, 0.6) is 5.75 Å². The summed E-state index contributed by atoms with van der Waals surface area (Å²) in [5.41, 5.74) is 5.88. The third-order valence-electron chi connectivity index (χ3n) is 5.57. The number of anilines is 1. The summed E-state index contributed by atoms with van der Waals surface area (Å²) in [5, 5.41) is 19.9. The second-order valence-corrected chi connectivity index (χ2v) is 7.59. The van der Waals surface area contributed by atoms with Crippen molar-refractivity contribution < 1.29 is 10.2 Å². The molecule has 1 atom stereocenters. The van der Waals surface area contributed by atoms with E-state index in [-0.39, 0.29) is 5.75 Å². The van der Waals surface area contributed by atoms with Gasteiger partial charge in [0.15, 0.2) is 0 Å². The number of aliphatic hydroxyl groups excluding tert-OH is 1. The SMILES string of the molecule is C=CC1=C(/C=C(\C)O)CCC(c2ccc(O)cc2N(CC)Cc2ccncc2)C1.